The van der Waals surface area contributed by atoms with Crippen LogP contribution in [-0.2, 0) is 14.3 Å². The van der Waals surface area contributed by atoms with Crippen LogP contribution in [-0.4, -0.2) is 94.4 Å². The zero-order chi connectivity index (χ0) is 27.8. The fourth-order valence-electron chi connectivity index (χ4n) is 5.01. The molecule has 2 aromatic rings. The molecule has 2 saturated heterocycles. The standard InChI is InChI=1S/C26H30O13/c1-34-16-6-12(3-5-15(16)38-26-24(32)23(31)22(30)18(8-27)39-26)21(29)19-13(9-35-25(19)33)20(28)11-2-4-14-17(7-11)37-10-36-14/h2-7,13,18-24,26-32H,8-10H2,1H3. The number of fused-ring (bicyclic) bond motifs is 1. The van der Waals surface area contributed by atoms with Gasteiger partial charge >= 0.3 is 5.97 Å². The van der Waals surface area contributed by atoms with Gasteiger partial charge in [-0.1, -0.05) is 12.1 Å². The minimum atomic E-state index is -1.63. The molecule has 5 rings (SSSR count). The summed E-state index contributed by atoms with van der Waals surface area (Å²) in [6.45, 7) is -0.658. The molecule has 0 saturated carbocycles. The number of cyclic esters (lactones) is 1. The van der Waals surface area contributed by atoms with E-state index in [9.17, 15) is 35.4 Å². The maximum absolute atomic E-state index is 12.7. The molecule has 2 aromatic carbocycles. The zero-order valence-corrected chi connectivity index (χ0v) is 20.8. The molecule has 0 amide bonds. The molecule has 39 heavy (non-hydrogen) atoms. The lowest BCUT2D eigenvalue weighted by Crippen LogP contribution is -2.60. The molecule has 0 spiro atoms. The lowest BCUT2D eigenvalue weighted by atomic mass is 9.81. The second kappa shape index (κ2) is 11.1. The fourth-order valence-corrected chi connectivity index (χ4v) is 5.01. The number of hydrogen-bond donors (Lipinski definition) is 6. The van der Waals surface area contributed by atoms with Crippen molar-refractivity contribution in [3.63, 3.8) is 0 Å². The Hall–Kier alpha value is -3.17. The molecule has 3 aliphatic rings. The van der Waals surface area contributed by atoms with Crippen LogP contribution in [0.3, 0.4) is 0 Å². The van der Waals surface area contributed by atoms with Gasteiger partial charge in [-0.2, -0.15) is 0 Å². The van der Waals surface area contributed by atoms with Crippen molar-refractivity contribution in [1.29, 1.82) is 0 Å². The van der Waals surface area contributed by atoms with Crippen LogP contribution in [0.1, 0.15) is 23.3 Å². The average Bonchev–Trinajstić information content (AvgIpc) is 3.58. The molecule has 0 aliphatic carbocycles. The summed E-state index contributed by atoms with van der Waals surface area (Å²) < 4.78 is 32.3. The highest BCUT2D eigenvalue weighted by Crippen LogP contribution is 2.44. The van der Waals surface area contributed by atoms with E-state index in [1.807, 2.05) is 0 Å². The van der Waals surface area contributed by atoms with Gasteiger partial charge in [-0.05, 0) is 35.4 Å². The summed E-state index contributed by atoms with van der Waals surface area (Å²) in [5.74, 6) is -1.39. The second-order valence-electron chi connectivity index (χ2n) is 9.55. The Labute approximate surface area is 222 Å². The minimum absolute atomic E-state index is 0.0590. The van der Waals surface area contributed by atoms with Crippen LogP contribution in [0.25, 0.3) is 0 Å². The first kappa shape index (κ1) is 27.4. The molecule has 9 unspecified atom stereocenters. The van der Waals surface area contributed by atoms with E-state index in [4.69, 9.17) is 28.4 Å². The van der Waals surface area contributed by atoms with Gasteiger partial charge in [-0.25, -0.2) is 0 Å². The Balaban J connectivity index is 1.35. The fraction of sp³-hybridized carbons (Fsp3) is 0.500. The first-order valence-electron chi connectivity index (χ1n) is 12.3. The van der Waals surface area contributed by atoms with Gasteiger partial charge < -0.3 is 59.1 Å². The topological polar surface area (TPSA) is 194 Å². The molecule has 0 radical (unpaired) electrons. The summed E-state index contributed by atoms with van der Waals surface area (Å²) in [4.78, 5) is 12.7. The van der Waals surface area contributed by atoms with Crippen molar-refractivity contribution in [2.24, 2.45) is 11.8 Å². The number of methoxy groups -OCH3 is 1. The number of benzene rings is 2. The van der Waals surface area contributed by atoms with Crippen LogP contribution < -0.4 is 18.9 Å². The molecule has 2 fully saturated rings. The van der Waals surface area contributed by atoms with Gasteiger partial charge in [0.2, 0.25) is 13.1 Å². The average molecular weight is 551 g/mol. The van der Waals surface area contributed by atoms with E-state index in [0.717, 1.165) is 0 Å². The van der Waals surface area contributed by atoms with Crippen molar-refractivity contribution in [3.05, 3.63) is 47.5 Å². The molecule has 9 atom stereocenters. The molecule has 212 valence electrons. The molecule has 13 heteroatoms. The van der Waals surface area contributed by atoms with Gasteiger partial charge in [-0.3, -0.25) is 4.79 Å². The van der Waals surface area contributed by atoms with Gasteiger partial charge in [0, 0.05) is 5.92 Å². The summed E-state index contributed by atoms with van der Waals surface area (Å²) in [7, 11) is 1.33. The Kier molecular flexibility index (Phi) is 7.82. The summed E-state index contributed by atoms with van der Waals surface area (Å²) in [5.41, 5.74) is 0.736. The summed E-state index contributed by atoms with van der Waals surface area (Å²) in [6, 6.07) is 9.21. The number of rotatable bonds is 8. The summed E-state index contributed by atoms with van der Waals surface area (Å²) in [6.07, 6.45) is -9.96. The second-order valence-corrected chi connectivity index (χ2v) is 9.55. The lowest BCUT2D eigenvalue weighted by Gasteiger charge is -2.39. The van der Waals surface area contributed by atoms with Crippen molar-refractivity contribution in [3.8, 4) is 23.0 Å². The normalized spacial score (nSPS) is 31.5. The van der Waals surface area contributed by atoms with E-state index in [-0.39, 0.29) is 30.5 Å². The summed E-state index contributed by atoms with van der Waals surface area (Å²) >= 11 is 0. The van der Waals surface area contributed by atoms with E-state index < -0.39 is 67.3 Å². The van der Waals surface area contributed by atoms with Crippen LogP contribution in [0.5, 0.6) is 23.0 Å². The molecule has 0 aromatic heterocycles. The van der Waals surface area contributed by atoms with Crippen molar-refractivity contribution in [2.45, 2.75) is 42.9 Å². The molecule has 3 heterocycles. The van der Waals surface area contributed by atoms with Gasteiger partial charge in [-0.15, -0.1) is 0 Å². The third-order valence-electron chi connectivity index (χ3n) is 7.26. The van der Waals surface area contributed by atoms with Crippen LogP contribution in [0.15, 0.2) is 36.4 Å². The third kappa shape index (κ3) is 5.10. The molecular weight excluding hydrogens is 520 g/mol. The van der Waals surface area contributed by atoms with Crippen LogP contribution >= 0.6 is 0 Å². The van der Waals surface area contributed by atoms with Gasteiger partial charge in [0.05, 0.1) is 38.4 Å². The van der Waals surface area contributed by atoms with Crippen LogP contribution in [0, 0.1) is 11.8 Å². The number of carbonyl (C=O) groups is 1. The molecule has 0 bridgehead atoms. The van der Waals surface area contributed by atoms with Crippen molar-refractivity contribution < 1.29 is 63.9 Å². The van der Waals surface area contributed by atoms with Gasteiger partial charge in [0.15, 0.2) is 23.0 Å². The Bertz CT molecular complexity index is 1190. The van der Waals surface area contributed by atoms with E-state index in [1.165, 1.54) is 25.3 Å². The van der Waals surface area contributed by atoms with Crippen molar-refractivity contribution >= 4 is 5.97 Å². The Morgan fingerprint density at radius 3 is 2.36 bits per heavy atom. The Morgan fingerprint density at radius 2 is 1.62 bits per heavy atom. The molecule has 13 nitrogen and oxygen atoms in total. The lowest BCUT2D eigenvalue weighted by molar-refractivity contribution is -0.277. The zero-order valence-electron chi connectivity index (χ0n) is 20.8. The highest BCUT2D eigenvalue weighted by atomic mass is 16.7. The summed E-state index contributed by atoms with van der Waals surface area (Å²) in [5, 5.41) is 62.0. The monoisotopic (exact) mass is 550 g/mol. The number of aliphatic hydroxyl groups is 6. The SMILES string of the molecule is COc1cc(C(O)C2C(=O)OCC2C(O)c2ccc3c(c2)OCO3)ccc1OC1OC(CO)C(O)C(O)C1O. The van der Waals surface area contributed by atoms with Crippen molar-refractivity contribution in [1.82, 2.24) is 0 Å². The number of hydrogen-bond acceptors (Lipinski definition) is 13. The van der Waals surface area contributed by atoms with Gasteiger partial charge in [0.1, 0.15) is 24.4 Å². The minimum Gasteiger partial charge on any atom is -0.493 e. The third-order valence-corrected chi connectivity index (χ3v) is 7.26. The number of aliphatic hydroxyl groups excluding tert-OH is 6. The predicted molar refractivity (Wildman–Crippen MR) is 128 cm³/mol. The Morgan fingerprint density at radius 1 is 0.897 bits per heavy atom. The van der Waals surface area contributed by atoms with E-state index in [1.54, 1.807) is 18.2 Å². The molecule has 6 N–H and O–H groups in total. The number of ether oxygens (including phenoxy) is 6. The predicted octanol–water partition coefficient (Wildman–Crippen LogP) is -0.841. The largest absolute Gasteiger partial charge is 0.493 e. The van der Waals surface area contributed by atoms with Crippen molar-refractivity contribution in [2.75, 3.05) is 27.1 Å². The maximum atomic E-state index is 12.7. The van der Waals surface area contributed by atoms with E-state index in [0.29, 0.717) is 17.1 Å². The smallest absolute Gasteiger partial charge is 0.312 e. The van der Waals surface area contributed by atoms with Crippen LogP contribution in [0.4, 0.5) is 0 Å². The van der Waals surface area contributed by atoms with E-state index >= 15 is 0 Å². The highest BCUT2D eigenvalue weighted by molar-refractivity contribution is 5.76. The first-order chi connectivity index (χ1) is 18.7. The van der Waals surface area contributed by atoms with Gasteiger partial charge in [0.25, 0.3) is 0 Å². The number of carbonyl (C=O) groups excluding carboxylic acids is 1. The van der Waals surface area contributed by atoms with Crippen LogP contribution in [0.2, 0.25) is 0 Å². The van der Waals surface area contributed by atoms with E-state index in [2.05, 4.69) is 0 Å². The quantitative estimate of drug-likeness (QED) is 0.223. The first-order valence-corrected chi connectivity index (χ1v) is 12.3. The molecular formula is C26H30O13. The highest BCUT2D eigenvalue weighted by Gasteiger charge is 2.47. The molecule has 3 aliphatic heterocycles. The maximum Gasteiger partial charge on any atom is 0.312 e. The number of esters is 1.